The van der Waals surface area contributed by atoms with Gasteiger partial charge < -0.3 is 5.32 Å². The second kappa shape index (κ2) is 4.81. The van der Waals surface area contributed by atoms with Gasteiger partial charge in [-0.2, -0.15) is 5.26 Å². The van der Waals surface area contributed by atoms with E-state index in [1.54, 1.807) is 12.1 Å². The lowest BCUT2D eigenvalue weighted by atomic mass is 9.68. The van der Waals surface area contributed by atoms with E-state index in [-0.39, 0.29) is 5.56 Å². The summed E-state index contributed by atoms with van der Waals surface area (Å²) in [5.41, 5.74) is 1.81. The Morgan fingerprint density at radius 3 is 2.76 bits per heavy atom. The Labute approximate surface area is 126 Å². The van der Waals surface area contributed by atoms with E-state index in [0.29, 0.717) is 23.4 Å². The highest BCUT2D eigenvalue weighted by Crippen LogP contribution is 2.62. The minimum atomic E-state index is -0.437. The fourth-order valence-electron chi connectivity index (χ4n) is 4.80. The average Bonchev–Trinajstić information content (AvgIpc) is 2.91. The lowest BCUT2D eigenvalue weighted by molar-refractivity contribution is 0.108. The highest BCUT2D eigenvalue weighted by Gasteiger charge is 2.58. The topological polar surface area (TPSA) is 35.8 Å². The smallest absolute Gasteiger partial charge is 0.140 e. The molecular weight excluding hydrogens is 263 g/mol. The van der Waals surface area contributed by atoms with E-state index in [2.05, 4.69) is 26.1 Å². The molecule has 0 amide bonds. The highest BCUT2D eigenvalue weighted by atomic mass is 19.1. The Hall–Kier alpha value is -1.40. The number of rotatable bonds is 3. The molecule has 0 radical (unpaired) electrons. The zero-order valence-corrected chi connectivity index (χ0v) is 13.0. The maximum Gasteiger partial charge on any atom is 0.140 e. The van der Waals surface area contributed by atoms with Gasteiger partial charge in [0.05, 0.1) is 5.56 Å². The molecule has 2 aliphatic rings. The summed E-state index contributed by atoms with van der Waals surface area (Å²) in [7, 11) is 0. The van der Waals surface area contributed by atoms with Crippen LogP contribution in [0.2, 0.25) is 0 Å². The van der Waals surface area contributed by atoms with Crippen molar-refractivity contribution in [3.63, 3.8) is 0 Å². The second-order valence-corrected chi connectivity index (χ2v) is 7.66. The van der Waals surface area contributed by atoms with E-state index >= 15 is 0 Å². The van der Waals surface area contributed by atoms with Crippen molar-refractivity contribution in [2.24, 2.45) is 16.7 Å². The Bertz CT molecular complexity index is 597. The molecule has 0 heterocycles. The van der Waals surface area contributed by atoms with Crippen LogP contribution >= 0.6 is 0 Å². The van der Waals surface area contributed by atoms with Crippen LogP contribution in [0.15, 0.2) is 18.2 Å². The third-order valence-electron chi connectivity index (χ3n) is 5.93. The summed E-state index contributed by atoms with van der Waals surface area (Å²) < 4.78 is 13.4. The number of nitrogens with zero attached hydrogens (tertiary/aromatic N) is 1. The molecule has 2 bridgehead atoms. The van der Waals surface area contributed by atoms with Crippen molar-refractivity contribution >= 4 is 0 Å². The van der Waals surface area contributed by atoms with Crippen LogP contribution in [-0.4, -0.2) is 6.04 Å². The molecule has 3 unspecified atom stereocenters. The normalized spacial score (nSPS) is 33.1. The van der Waals surface area contributed by atoms with Gasteiger partial charge in [-0.1, -0.05) is 26.8 Å². The molecule has 1 aromatic carbocycles. The van der Waals surface area contributed by atoms with Gasteiger partial charge in [0, 0.05) is 12.6 Å². The summed E-state index contributed by atoms with van der Waals surface area (Å²) in [5.74, 6) is 0.372. The van der Waals surface area contributed by atoms with Gasteiger partial charge in [-0.3, -0.25) is 0 Å². The maximum atomic E-state index is 13.4. The van der Waals surface area contributed by atoms with E-state index in [9.17, 15) is 4.39 Å². The van der Waals surface area contributed by atoms with Crippen LogP contribution in [0.4, 0.5) is 4.39 Å². The Kier molecular flexibility index (Phi) is 3.33. The summed E-state index contributed by atoms with van der Waals surface area (Å²) >= 11 is 0. The number of fused-ring (bicyclic) bond motifs is 2. The van der Waals surface area contributed by atoms with Crippen LogP contribution in [0, 0.1) is 33.9 Å². The quantitative estimate of drug-likeness (QED) is 0.911. The monoisotopic (exact) mass is 286 g/mol. The van der Waals surface area contributed by atoms with Crippen molar-refractivity contribution in [1.29, 1.82) is 5.26 Å². The largest absolute Gasteiger partial charge is 0.309 e. The fourth-order valence-corrected chi connectivity index (χ4v) is 4.80. The molecule has 3 rings (SSSR count). The molecule has 0 spiro atoms. The molecule has 3 heteroatoms. The van der Waals surface area contributed by atoms with Crippen molar-refractivity contribution in [2.45, 2.75) is 52.6 Å². The van der Waals surface area contributed by atoms with Crippen LogP contribution in [-0.2, 0) is 6.54 Å². The molecule has 3 atom stereocenters. The highest BCUT2D eigenvalue weighted by molar-refractivity contribution is 5.34. The van der Waals surface area contributed by atoms with Crippen LogP contribution in [0.5, 0.6) is 0 Å². The van der Waals surface area contributed by atoms with Gasteiger partial charge >= 0.3 is 0 Å². The Morgan fingerprint density at radius 1 is 1.38 bits per heavy atom. The van der Waals surface area contributed by atoms with Crippen molar-refractivity contribution in [3.05, 3.63) is 35.1 Å². The van der Waals surface area contributed by atoms with Crippen molar-refractivity contribution in [2.75, 3.05) is 0 Å². The van der Waals surface area contributed by atoms with E-state index in [4.69, 9.17) is 5.26 Å². The molecule has 2 fully saturated rings. The van der Waals surface area contributed by atoms with E-state index < -0.39 is 5.82 Å². The van der Waals surface area contributed by atoms with Crippen LogP contribution < -0.4 is 5.32 Å². The molecule has 0 aliphatic heterocycles. The number of nitriles is 1. The molecule has 21 heavy (non-hydrogen) atoms. The van der Waals surface area contributed by atoms with Gasteiger partial charge in [0.1, 0.15) is 11.9 Å². The zero-order chi connectivity index (χ0) is 15.3. The Morgan fingerprint density at radius 2 is 2.14 bits per heavy atom. The van der Waals surface area contributed by atoms with Crippen LogP contribution in [0.3, 0.4) is 0 Å². The summed E-state index contributed by atoms with van der Waals surface area (Å²) in [5, 5.41) is 12.6. The van der Waals surface area contributed by atoms with Crippen LogP contribution in [0.1, 0.15) is 51.2 Å². The number of hydrogen-bond donors (Lipinski definition) is 1. The zero-order valence-electron chi connectivity index (χ0n) is 13.0. The second-order valence-electron chi connectivity index (χ2n) is 7.66. The predicted molar refractivity (Wildman–Crippen MR) is 81.0 cm³/mol. The minimum Gasteiger partial charge on any atom is -0.309 e. The molecule has 0 saturated heterocycles. The maximum absolute atomic E-state index is 13.4. The SMILES string of the molecule is CC12CCC(C1)C(C)(C)C2NCc1ccc(F)c(C#N)c1. The first-order valence-corrected chi connectivity index (χ1v) is 7.79. The van der Waals surface area contributed by atoms with Gasteiger partial charge in [0.25, 0.3) is 0 Å². The first kappa shape index (κ1) is 14.5. The fraction of sp³-hybridized carbons (Fsp3) is 0.611. The standard InChI is InChI=1S/C18H23FN2/c1-17(2)14-6-7-18(3,9-14)16(17)21-11-12-4-5-15(19)13(8-12)10-20/h4-5,8,14,16,21H,6-7,9,11H2,1-3H3. The number of halogens is 1. The van der Waals surface area contributed by atoms with E-state index in [1.165, 1.54) is 25.3 Å². The van der Waals surface area contributed by atoms with Crippen molar-refractivity contribution in [3.8, 4) is 6.07 Å². The molecule has 2 aliphatic carbocycles. The number of nitrogens with one attached hydrogen (secondary N) is 1. The Balaban J connectivity index is 1.75. The van der Waals surface area contributed by atoms with Gasteiger partial charge in [0.15, 0.2) is 0 Å². The summed E-state index contributed by atoms with van der Waals surface area (Å²) in [4.78, 5) is 0. The van der Waals surface area contributed by atoms with Crippen molar-refractivity contribution < 1.29 is 4.39 Å². The lowest BCUT2D eigenvalue weighted by Crippen LogP contribution is -2.49. The average molecular weight is 286 g/mol. The summed E-state index contributed by atoms with van der Waals surface area (Å²) in [6.45, 7) is 7.83. The summed E-state index contributed by atoms with van der Waals surface area (Å²) in [6, 6.07) is 7.22. The van der Waals surface area contributed by atoms with Gasteiger partial charge in [-0.25, -0.2) is 4.39 Å². The van der Waals surface area contributed by atoms with Gasteiger partial charge in [-0.15, -0.1) is 0 Å². The van der Waals surface area contributed by atoms with Crippen molar-refractivity contribution in [1.82, 2.24) is 5.32 Å². The van der Waals surface area contributed by atoms with Gasteiger partial charge in [0.2, 0.25) is 0 Å². The third kappa shape index (κ3) is 2.26. The lowest BCUT2D eigenvalue weighted by Gasteiger charge is -2.43. The molecule has 1 N–H and O–H groups in total. The molecular formula is C18H23FN2. The number of benzene rings is 1. The van der Waals surface area contributed by atoms with E-state index in [0.717, 1.165) is 11.5 Å². The molecule has 2 saturated carbocycles. The van der Waals surface area contributed by atoms with E-state index in [1.807, 2.05) is 6.07 Å². The summed E-state index contributed by atoms with van der Waals surface area (Å²) in [6.07, 6.45) is 3.95. The number of hydrogen-bond acceptors (Lipinski definition) is 2. The molecule has 112 valence electrons. The predicted octanol–water partition coefficient (Wildman–Crippen LogP) is 4.00. The molecule has 1 aromatic rings. The van der Waals surface area contributed by atoms with Gasteiger partial charge in [-0.05, 0) is 53.7 Å². The minimum absolute atomic E-state index is 0.132. The third-order valence-corrected chi connectivity index (χ3v) is 5.93. The van der Waals surface area contributed by atoms with Crippen LogP contribution in [0.25, 0.3) is 0 Å². The first-order valence-electron chi connectivity index (χ1n) is 7.79. The molecule has 0 aromatic heterocycles. The first-order chi connectivity index (χ1) is 9.87. The molecule has 2 nitrogen and oxygen atoms in total.